The summed E-state index contributed by atoms with van der Waals surface area (Å²) in [7, 11) is 4.52. The number of benzene rings is 3. The highest BCUT2D eigenvalue weighted by Crippen LogP contribution is 2.54. The molecule has 3 heterocycles. The predicted molar refractivity (Wildman–Crippen MR) is 140 cm³/mol. The van der Waals surface area contributed by atoms with Gasteiger partial charge in [-0.05, 0) is 47.5 Å². The Morgan fingerprint density at radius 3 is 2.21 bits per heavy atom. The lowest BCUT2D eigenvalue weighted by molar-refractivity contribution is -0.123. The zero-order chi connectivity index (χ0) is 26.6. The van der Waals surface area contributed by atoms with E-state index in [2.05, 4.69) is 0 Å². The molecule has 6 rings (SSSR count). The fourth-order valence-electron chi connectivity index (χ4n) is 6.07. The van der Waals surface area contributed by atoms with Crippen LogP contribution in [0.4, 0.5) is 5.69 Å². The highest BCUT2D eigenvalue weighted by Gasteiger charge is 2.64. The number of methoxy groups -OCH3 is 3. The third-order valence-corrected chi connectivity index (χ3v) is 7.72. The molecule has 2 amide bonds. The zero-order valence-electron chi connectivity index (χ0n) is 21.2. The van der Waals surface area contributed by atoms with E-state index in [0.29, 0.717) is 28.5 Å². The van der Waals surface area contributed by atoms with Crippen LogP contribution in [0.1, 0.15) is 27.5 Å². The molecule has 3 aliphatic rings. The van der Waals surface area contributed by atoms with Gasteiger partial charge < -0.3 is 19.1 Å². The Balaban J connectivity index is 1.49. The van der Waals surface area contributed by atoms with E-state index in [0.717, 1.165) is 11.1 Å². The van der Waals surface area contributed by atoms with Crippen molar-refractivity contribution in [1.82, 2.24) is 4.90 Å². The van der Waals surface area contributed by atoms with Crippen LogP contribution in [0.25, 0.3) is 6.08 Å². The molecule has 0 saturated carbocycles. The van der Waals surface area contributed by atoms with E-state index < -0.39 is 29.8 Å². The molecule has 0 aromatic heterocycles. The number of imide groups is 1. The van der Waals surface area contributed by atoms with Crippen molar-refractivity contribution in [2.45, 2.75) is 12.1 Å². The van der Waals surface area contributed by atoms with Gasteiger partial charge in [-0.25, -0.2) is 4.90 Å². The van der Waals surface area contributed by atoms with Gasteiger partial charge in [0.2, 0.25) is 11.8 Å². The number of carbonyl (C=O) groups is 3. The minimum Gasteiger partial charge on any atom is -0.495 e. The number of hydrogen-bond donors (Lipinski definition) is 0. The van der Waals surface area contributed by atoms with E-state index in [-0.39, 0.29) is 11.7 Å². The largest absolute Gasteiger partial charge is 0.495 e. The summed E-state index contributed by atoms with van der Waals surface area (Å²) < 4.78 is 16.2. The van der Waals surface area contributed by atoms with Crippen LogP contribution in [0, 0.1) is 11.8 Å². The number of hydrogen-bond acceptors (Lipinski definition) is 7. The smallest absolute Gasteiger partial charge is 0.240 e. The van der Waals surface area contributed by atoms with Gasteiger partial charge >= 0.3 is 0 Å². The summed E-state index contributed by atoms with van der Waals surface area (Å²) in [6.07, 6.45) is 3.76. The third-order valence-electron chi connectivity index (χ3n) is 7.72. The summed E-state index contributed by atoms with van der Waals surface area (Å²) >= 11 is 0. The Morgan fingerprint density at radius 2 is 1.45 bits per heavy atom. The summed E-state index contributed by atoms with van der Waals surface area (Å²) in [5.74, 6) is -1.33. The summed E-state index contributed by atoms with van der Waals surface area (Å²) in [6.45, 7) is 0. The van der Waals surface area contributed by atoms with Crippen molar-refractivity contribution in [2.75, 3.05) is 26.2 Å². The molecule has 0 spiro atoms. The second-order valence-corrected chi connectivity index (χ2v) is 9.45. The van der Waals surface area contributed by atoms with Gasteiger partial charge in [0, 0.05) is 11.8 Å². The van der Waals surface area contributed by atoms with Crippen LogP contribution < -0.4 is 19.1 Å². The molecule has 38 heavy (non-hydrogen) atoms. The lowest BCUT2D eigenvalue weighted by atomic mass is 9.83. The number of carbonyl (C=O) groups excluding carboxylic acids is 3. The van der Waals surface area contributed by atoms with Crippen molar-refractivity contribution in [3.8, 4) is 17.2 Å². The van der Waals surface area contributed by atoms with Gasteiger partial charge in [-0.2, -0.15) is 0 Å². The molecule has 4 atom stereocenters. The standard InChI is InChI=1S/C30H26N2O6/c1-36-21-11-7-6-10-20(21)32-29(34)24-25(30(32)35)27(28(33)18-12-13-22(37-2)23(16-18)38-3)31-15-14-17-8-4-5-9-19(17)26(24)31/h4-16,24-27H,1-3H3/t24-,25+,26?,27-/m0/s1. The number of rotatable bonds is 6. The van der Waals surface area contributed by atoms with Crippen LogP contribution in [0.2, 0.25) is 0 Å². The van der Waals surface area contributed by atoms with Gasteiger partial charge in [0.15, 0.2) is 17.3 Å². The molecule has 0 N–H and O–H groups in total. The number of ether oxygens (including phenoxy) is 3. The van der Waals surface area contributed by atoms with Gasteiger partial charge in [-0.15, -0.1) is 0 Å². The fraction of sp³-hybridized carbons (Fsp3) is 0.233. The summed E-state index contributed by atoms with van der Waals surface area (Å²) in [5.41, 5.74) is 2.62. The number of fused-ring (bicyclic) bond motifs is 5. The second-order valence-electron chi connectivity index (χ2n) is 9.45. The van der Waals surface area contributed by atoms with E-state index >= 15 is 0 Å². The average molecular weight is 511 g/mol. The highest BCUT2D eigenvalue weighted by molar-refractivity contribution is 6.25. The van der Waals surface area contributed by atoms with E-state index in [9.17, 15) is 14.4 Å². The van der Waals surface area contributed by atoms with Crippen LogP contribution >= 0.6 is 0 Å². The van der Waals surface area contributed by atoms with Crippen LogP contribution in [0.15, 0.2) is 72.9 Å². The SMILES string of the molecule is COc1ccc(C(=O)[C@@H]2[C@@H]3C(=O)N(c4ccccc4OC)C(=O)[C@@H]3C3c4ccccc4C=CN32)cc1OC. The molecule has 2 fully saturated rings. The fourth-order valence-corrected chi connectivity index (χ4v) is 6.07. The maximum Gasteiger partial charge on any atom is 0.240 e. The van der Waals surface area contributed by atoms with E-state index in [4.69, 9.17) is 14.2 Å². The predicted octanol–water partition coefficient (Wildman–Crippen LogP) is 4.11. The maximum absolute atomic E-state index is 14.2. The number of anilines is 1. The zero-order valence-corrected chi connectivity index (χ0v) is 21.2. The van der Waals surface area contributed by atoms with Crippen LogP contribution in [0.3, 0.4) is 0 Å². The first-order chi connectivity index (χ1) is 18.5. The van der Waals surface area contributed by atoms with Crippen molar-refractivity contribution in [3.05, 3.63) is 89.6 Å². The molecule has 8 nitrogen and oxygen atoms in total. The number of amides is 2. The third kappa shape index (κ3) is 3.33. The molecule has 3 aromatic carbocycles. The Hall–Kier alpha value is -4.59. The number of nitrogens with zero attached hydrogens (tertiary/aromatic N) is 2. The topological polar surface area (TPSA) is 85.4 Å². The lowest BCUT2D eigenvalue weighted by Gasteiger charge is -2.35. The first kappa shape index (κ1) is 23.8. The van der Waals surface area contributed by atoms with Crippen molar-refractivity contribution in [3.63, 3.8) is 0 Å². The molecule has 1 unspecified atom stereocenters. The Kier molecular flexibility index (Phi) is 5.67. The first-order valence-corrected chi connectivity index (χ1v) is 12.3. The quantitative estimate of drug-likeness (QED) is 0.364. The molecule has 0 radical (unpaired) electrons. The van der Waals surface area contributed by atoms with Crippen LogP contribution in [0.5, 0.6) is 17.2 Å². The first-order valence-electron chi connectivity index (χ1n) is 12.3. The molecule has 3 aliphatic heterocycles. The van der Waals surface area contributed by atoms with E-state index in [1.165, 1.54) is 26.2 Å². The minimum absolute atomic E-state index is 0.268. The minimum atomic E-state index is -0.885. The molecular weight excluding hydrogens is 484 g/mol. The van der Waals surface area contributed by atoms with Gasteiger partial charge in [-0.1, -0.05) is 36.4 Å². The molecule has 0 bridgehead atoms. The Labute approximate surface area is 220 Å². The number of para-hydroxylation sites is 2. The summed E-state index contributed by atoms with van der Waals surface area (Å²) in [6, 6.07) is 18.3. The summed E-state index contributed by atoms with van der Waals surface area (Å²) in [4.78, 5) is 45.4. The van der Waals surface area contributed by atoms with Gasteiger partial charge in [0.25, 0.3) is 0 Å². The van der Waals surface area contributed by atoms with E-state index in [1.807, 2.05) is 41.4 Å². The molecule has 0 aliphatic carbocycles. The Bertz CT molecular complexity index is 1500. The molecule has 2 saturated heterocycles. The van der Waals surface area contributed by atoms with Crippen molar-refractivity contribution in [2.24, 2.45) is 11.8 Å². The maximum atomic E-state index is 14.2. The molecule has 8 heteroatoms. The van der Waals surface area contributed by atoms with Crippen molar-refractivity contribution in [1.29, 1.82) is 0 Å². The molecular formula is C30H26N2O6. The highest BCUT2D eigenvalue weighted by atomic mass is 16.5. The number of ketones is 1. The van der Waals surface area contributed by atoms with Crippen LogP contribution in [-0.2, 0) is 9.59 Å². The van der Waals surface area contributed by atoms with Crippen molar-refractivity contribution < 1.29 is 28.6 Å². The van der Waals surface area contributed by atoms with E-state index in [1.54, 1.807) is 42.5 Å². The molecule has 3 aromatic rings. The monoisotopic (exact) mass is 510 g/mol. The second kappa shape index (κ2) is 9.06. The van der Waals surface area contributed by atoms with Crippen LogP contribution in [-0.4, -0.2) is 49.9 Å². The lowest BCUT2D eigenvalue weighted by Crippen LogP contribution is -2.44. The summed E-state index contributed by atoms with van der Waals surface area (Å²) in [5, 5.41) is 0. The molecule has 192 valence electrons. The average Bonchev–Trinajstić information content (AvgIpc) is 3.44. The van der Waals surface area contributed by atoms with Gasteiger partial charge in [-0.3, -0.25) is 14.4 Å². The van der Waals surface area contributed by atoms with Crippen molar-refractivity contribution >= 4 is 29.4 Å². The Morgan fingerprint density at radius 1 is 0.763 bits per heavy atom. The normalized spacial score (nSPS) is 23.1. The van der Waals surface area contributed by atoms with Gasteiger partial charge in [0.1, 0.15) is 11.8 Å². The van der Waals surface area contributed by atoms with Gasteiger partial charge in [0.05, 0.1) is 44.9 Å². The number of Topliss-reactive ketones (excluding diaryl/α,β-unsaturated/α-hetero) is 1.